The Kier molecular flexibility index (Phi) is 5.59. The van der Waals surface area contributed by atoms with E-state index >= 15 is 0 Å². The number of fused-ring (bicyclic) bond motifs is 5. The van der Waals surface area contributed by atoms with E-state index in [1.165, 1.54) is 50.5 Å². The number of rotatable bonds is 5. The van der Waals surface area contributed by atoms with E-state index in [2.05, 4.69) is 64.1 Å². The van der Waals surface area contributed by atoms with Crippen molar-refractivity contribution in [3.63, 3.8) is 0 Å². The Bertz CT molecular complexity index is 744. The molecular formula is C27H41NO. The lowest BCUT2D eigenvalue weighted by Gasteiger charge is -2.55. The molecule has 0 spiro atoms. The van der Waals surface area contributed by atoms with E-state index in [-0.39, 0.29) is 5.41 Å². The van der Waals surface area contributed by atoms with Crippen LogP contribution in [-0.2, 0) is 0 Å². The topological polar surface area (TPSA) is 32.6 Å². The molecule has 4 rings (SSSR count). The van der Waals surface area contributed by atoms with Gasteiger partial charge in [0.1, 0.15) is 5.71 Å². The van der Waals surface area contributed by atoms with Gasteiger partial charge in [-0.05, 0) is 84.3 Å². The highest BCUT2D eigenvalue weighted by atomic mass is 16.4. The Morgan fingerprint density at radius 3 is 2.59 bits per heavy atom. The van der Waals surface area contributed by atoms with E-state index < -0.39 is 0 Å². The summed E-state index contributed by atoms with van der Waals surface area (Å²) in [5.74, 6) is 4.80. The van der Waals surface area contributed by atoms with Crippen LogP contribution in [0.3, 0.4) is 0 Å². The molecule has 160 valence electrons. The maximum absolute atomic E-state index is 9.20. The van der Waals surface area contributed by atoms with Gasteiger partial charge in [-0.1, -0.05) is 77.3 Å². The summed E-state index contributed by atoms with van der Waals surface area (Å²) in [6.07, 6.45) is 21.0. The minimum absolute atomic E-state index is 0.0932. The zero-order valence-electron chi connectivity index (χ0n) is 19.2. The molecular weight excluding hydrogens is 354 g/mol. The van der Waals surface area contributed by atoms with E-state index in [1.807, 2.05) is 6.08 Å². The number of nitrogens with zero attached hydrogens (tertiary/aromatic N) is 1. The molecule has 0 saturated heterocycles. The first-order chi connectivity index (χ1) is 13.8. The number of hydrogen-bond acceptors (Lipinski definition) is 2. The average molecular weight is 396 g/mol. The van der Waals surface area contributed by atoms with E-state index in [1.54, 1.807) is 0 Å². The third-order valence-electron chi connectivity index (χ3n) is 9.44. The summed E-state index contributed by atoms with van der Waals surface area (Å²) in [5.41, 5.74) is 2.61. The second-order valence-corrected chi connectivity index (χ2v) is 11.4. The molecule has 0 aromatic carbocycles. The Labute approximate surface area is 178 Å². The van der Waals surface area contributed by atoms with Crippen LogP contribution in [0, 0.1) is 46.3 Å². The van der Waals surface area contributed by atoms with Crippen LogP contribution in [0.2, 0.25) is 0 Å². The summed E-state index contributed by atoms with van der Waals surface area (Å²) in [4.78, 5) is 0. The summed E-state index contributed by atoms with van der Waals surface area (Å²) >= 11 is 0. The predicted octanol–water partition coefficient (Wildman–Crippen LogP) is 7.41. The zero-order valence-corrected chi connectivity index (χ0v) is 19.2. The van der Waals surface area contributed by atoms with Gasteiger partial charge in [0.25, 0.3) is 0 Å². The highest BCUT2D eigenvalue weighted by molar-refractivity contribution is 6.05. The molecule has 0 aliphatic heterocycles. The second kappa shape index (κ2) is 7.75. The first-order valence-corrected chi connectivity index (χ1v) is 12.1. The molecule has 29 heavy (non-hydrogen) atoms. The van der Waals surface area contributed by atoms with Gasteiger partial charge in [-0.3, -0.25) is 0 Å². The molecule has 0 radical (unpaired) electrons. The van der Waals surface area contributed by atoms with Crippen molar-refractivity contribution < 1.29 is 5.21 Å². The summed E-state index contributed by atoms with van der Waals surface area (Å²) in [5, 5.41) is 12.6. The molecule has 2 saturated carbocycles. The number of oxime groups is 1. The smallest absolute Gasteiger partial charge is 0.102 e. The van der Waals surface area contributed by atoms with E-state index in [0.717, 1.165) is 23.7 Å². The van der Waals surface area contributed by atoms with Gasteiger partial charge in [-0.15, -0.1) is 0 Å². The minimum atomic E-state index is 0.0932. The first-order valence-electron chi connectivity index (χ1n) is 12.1. The summed E-state index contributed by atoms with van der Waals surface area (Å²) in [6, 6.07) is 0. The molecule has 2 heteroatoms. The zero-order chi connectivity index (χ0) is 20.8. The Morgan fingerprint density at radius 1 is 1.07 bits per heavy atom. The standard InChI is InChI=1S/C27H41NO/c1-18(2)7-6-8-19(3)23-11-12-24-22-10-9-20-17-21(28-29)13-15-26(20,4)25(22)14-16-27(23,24)5/h9-10,13,15,17-19,22-25,29H,6-8,11-12,14,16H2,1-5H3/t19-,22+,23-,24+,25+,26+,27-/m1/s1. The van der Waals surface area contributed by atoms with Crippen molar-refractivity contribution in [3.05, 3.63) is 36.0 Å². The SMILES string of the molecule is CC(C)CCC[C@@H](C)[C@H]1CC[C@H]2[C@@H]3C=CC4=CC(=NO)C=C[C@]4(C)[C@H]3CC[C@]12C. The van der Waals surface area contributed by atoms with Gasteiger partial charge in [-0.2, -0.15) is 0 Å². The molecule has 4 aliphatic carbocycles. The van der Waals surface area contributed by atoms with Crippen LogP contribution in [0.5, 0.6) is 0 Å². The van der Waals surface area contributed by atoms with Gasteiger partial charge in [0, 0.05) is 5.41 Å². The van der Waals surface area contributed by atoms with Gasteiger partial charge in [0.15, 0.2) is 0 Å². The van der Waals surface area contributed by atoms with Crippen LogP contribution in [0.25, 0.3) is 0 Å². The van der Waals surface area contributed by atoms with Crippen molar-refractivity contribution in [1.82, 2.24) is 0 Å². The molecule has 0 bridgehead atoms. The second-order valence-electron chi connectivity index (χ2n) is 11.4. The minimum Gasteiger partial charge on any atom is -0.410 e. The normalized spacial score (nSPS) is 43.1. The van der Waals surface area contributed by atoms with Gasteiger partial charge in [-0.25, -0.2) is 0 Å². The maximum atomic E-state index is 9.20. The maximum Gasteiger partial charge on any atom is 0.102 e. The highest BCUT2D eigenvalue weighted by Gasteiger charge is 2.57. The van der Waals surface area contributed by atoms with Crippen molar-refractivity contribution in [2.24, 2.45) is 51.5 Å². The summed E-state index contributed by atoms with van der Waals surface area (Å²) < 4.78 is 0. The average Bonchev–Trinajstić information content (AvgIpc) is 3.04. The molecule has 1 N–H and O–H groups in total. The third-order valence-corrected chi connectivity index (χ3v) is 9.44. The van der Waals surface area contributed by atoms with E-state index in [9.17, 15) is 5.21 Å². The largest absolute Gasteiger partial charge is 0.410 e. The van der Waals surface area contributed by atoms with E-state index in [4.69, 9.17) is 0 Å². The van der Waals surface area contributed by atoms with Crippen LogP contribution < -0.4 is 0 Å². The Hall–Kier alpha value is -1.31. The van der Waals surface area contributed by atoms with Crippen molar-refractivity contribution >= 4 is 5.71 Å². The van der Waals surface area contributed by atoms with Gasteiger partial charge >= 0.3 is 0 Å². The van der Waals surface area contributed by atoms with Crippen molar-refractivity contribution in [3.8, 4) is 0 Å². The fourth-order valence-corrected chi connectivity index (χ4v) is 7.75. The Balaban J connectivity index is 1.54. The highest BCUT2D eigenvalue weighted by Crippen LogP contribution is 2.65. The van der Waals surface area contributed by atoms with Crippen LogP contribution in [0.4, 0.5) is 0 Å². The fourth-order valence-electron chi connectivity index (χ4n) is 7.75. The molecule has 2 fully saturated rings. The number of hydrogen-bond donors (Lipinski definition) is 1. The summed E-state index contributed by atoms with van der Waals surface area (Å²) in [7, 11) is 0. The lowest BCUT2D eigenvalue weighted by Crippen LogP contribution is -2.48. The molecule has 0 aromatic rings. The summed E-state index contributed by atoms with van der Waals surface area (Å²) in [6.45, 7) is 12.3. The molecule has 0 unspecified atom stereocenters. The number of allylic oxidation sites excluding steroid dienone is 6. The fraction of sp³-hybridized carbons (Fsp3) is 0.741. The van der Waals surface area contributed by atoms with Gasteiger partial charge in [0.05, 0.1) is 0 Å². The predicted molar refractivity (Wildman–Crippen MR) is 122 cm³/mol. The van der Waals surface area contributed by atoms with Crippen LogP contribution >= 0.6 is 0 Å². The molecule has 2 nitrogen and oxygen atoms in total. The van der Waals surface area contributed by atoms with E-state index in [0.29, 0.717) is 23.0 Å². The van der Waals surface area contributed by atoms with Crippen molar-refractivity contribution in [1.29, 1.82) is 0 Å². The van der Waals surface area contributed by atoms with Gasteiger partial charge < -0.3 is 5.21 Å². The molecule has 0 amide bonds. The van der Waals surface area contributed by atoms with Crippen molar-refractivity contribution in [2.45, 2.75) is 79.6 Å². The van der Waals surface area contributed by atoms with Crippen molar-refractivity contribution in [2.75, 3.05) is 0 Å². The Morgan fingerprint density at radius 2 is 1.86 bits per heavy atom. The quantitative estimate of drug-likeness (QED) is 0.381. The van der Waals surface area contributed by atoms with Crippen LogP contribution in [0.15, 0.2) is 41.1 Å². The third kappa shape index (κ3) is 3.45. The lowest BCUT2D eigenvalue weighted by molar-refractivity contribution is -0.0121. The molecule has 0 heterocycles. The lowest BCUT2D eigenvalue weighted by atomic mass is 9.49. The van der Waals surface area contributed by atoms with Crippen LogP contribution in [0.1, 0.15) is 79.6 Å². The van der Waals surface area contributed by atoms with Gasteiger partial charge in [0.2, 0.25) is 0 Å². The monoisotopic (exact) mass is 395 g/mol. The molecule has 7 atom stereocenters. The van der Waals surface area contributed by atoms with Crippen LogP contribution in [-0.4, -0.2) is 10.9 Å². The molecule has 4 aliphatic rings. The first kappa shape index (κ1) is 20.9. The molecule has 0 aromatic heterocycles.